The Labute approximate surface area is 152 Å². The van der Waals surface area contributed by atoms with Crippen molar-refractivity contribution in [2.24, 2.45) is 0 Å². The van der Waals surface area contributed by atoms with Gasteiger partial charge in [-0.25, -0.2) is 0 Å². The van der Waals surface area contributed by atoms with E-state index in [1.807, 2.05) is 66.2 Å². The average molecular weight is 354 g/mol. The minimum absolute atomic E-state index is 0.148. The molecule has 0 radical (unpaired) electrons. The highest BCUT2D eigenvalue weighted by molar-refractivity contribution is 8.01. The van der Waals surface area contributed by atoms with Crippen molar-refractivity contribution in [3.8, 4) is 0 Å². The molecule has 0 unspecified atom stereocenters. The number of ether oxygens (including phenoxy) is 1. The molecule has 2 fully saturated rings. The summed E-state index contributed by atoms with van der Waals surface area (Å²) in [5.74, 6) is 1.15. The Morgan fingerprint density at radius 2 is 2.24 bits per heavy atom. The summed E-state index contributed by atoms with van der Waals surface area (Å²) in [7, 11) is 0. The lowest BCUT2D eigenvalue weighted by molar-refractivity contribution is 0.0254. The molecule has 2 saturated heterocycles. The third-order valence-corrected chi connectivity index (χ3v) is 6.47. The number of hydrogen-bond acceptors (Lipinski definition) is 4. The zero-order chi connectivity index (χ0) is 17.3. The number of nitrogens with zero attached hydrogens (tertiary/aromatic N) is 2. The van der Waals surface area contributed by atoms with Crippen molar-refractivity contribution in [1.29, 1.82) is 0 Å². The molecule has 1 amide bonds. The smallest absolute Gasteiger partial charge is 0.253 e. The number of rotatable bonds is 4. The largest absolute Gasteiger partial charge is 0.373 e. The van der Waals surface area contributed by atoms with Gasteiger partial charge in [0.05, 0.1) is 17.5 Å². The van der Waals surface area contributed by atoms with Gasteiger partial charge in [0.25, 0.3) is 5.91 Å². The third-order valence-electron chi connectivity index (χ3n) is 4.89. The van der Waals surface area contributed by atoms with Crippen LogP contribution < -0.4 is 0 Å². The van der Waals surface area contributed by atoms with Crippen molar-refractivity contribution in [3.05, 3.63) is 65.5 Å². The Hall–Kier alpha value is -1.85. The highest BCUT2D eigenvalue weighted by atomic mass is 32.2. The van der Waals surface area contributed by atoms with Gasteiger partial charge in [0.1, 0.15) is 0 Å². The first-order chi connectivity index (χ1) is 12.1. The number of benzene rings is 1. The van der Waals surface area contributed by atoms with E-state index in [1.165, 1.54) is 0 Å². The lowest BCUT2D eigenvalue weighted by atomic mass is 9.92. The van der Waals surface area contributed by atoms with E-state index >= 15 is 0 Å². The number of aromatic nitrogens is 1. The van der Waals surface area contributed by atoms with Gasteiger partial charge in [-0.15, -0.1) is 11.8 Å². The van der Waals surface area contributed by atoms with Crippen molar-refractivity contribution in [1.82, 2.24) is 9.88 Å². The number of pyridine rings is 1. The van der Waals surface area contributed by atoms with Gasteiger partial charge in [-0.3, -0.25) is 9.78 Å². The van der Waals surface area contributed by atoms with Gasteiger partial charge in [0, 0.05) is 36.8 Å². The summed E-state index contributed by atoms with van der Waals surface area (Å²) in [6.07, 6.45) is 4.92. The third kappa shape index (κ3) is 3.58. The Morgan fingerprint density at radius 1 is 1.36 bits per heavy atom. The van der Waals surface area contributed by atoms with Gasteiger partial charge in [-0.05, 0) is 37.1 Å². The van der Waals surface area contributed by atoms with E-state index in [0.717, 1.165) is 42.0 Å². The van der Waals surface area contributed by atoms with E-state index in [1.54, 1.807) is 6.20 Å². The minimum Gasteiger partial charge on any atom is -0.373 e. The fourth-order valence-corrected chi connectivity index (χ4v) is 5.13. The second-order valence-corrected chi connectivity index (χ2v) is 8.51. The lowest BCUT2D eigenvalue weighted by Crippen LogP contribution is -2.60. The number of hydrogen-bond donors (Lipinski definition) is 0. The van der Waals surface area contributed by atoms with E-state index < -0.39 is 0 Å². The number of likely N-dealkylation sites (tertiary alicyclic amines) is 1. The summed E-state index contributed by atoms with van der Waals surface area (Å²) in [6.45, 7) is 4.29. The standard InChI is InChI=1S/C20H22N2O2S/c1-15-4-2-6-17(8-15)19(23)22-13-20(14-22)9-18(12-25-20)24-11-16-5-3-7-21-10-16/h2-8,10,18H,9,11-14H2,1H3/t18-/m0/s1. The normalized spacial score (nSPS) is 21.3. The van der Waals surface area contributed by atoms with Gasteiger partial charge < -0.3 is 9.64 Å². The molecule has 130 valence electrons. The number of carbonyl (C=O) groups is 1. The van der Waals surface area contributed by atoms with Gasteiger partial charge in [-0.1, -0.05) is 23.8 Å². The molecule has 4 rings (SSSR count). The first-order valence-corrected chi connectivity index (χ1v) is 9.63. The molecule has 25 heavy (non-hydrogen) atoms. The summed E-state index contributed by atoms with van der Waals surface area (Å²) in [5.41, 5.74) is 3.03. The Balaban J connectivity index is 1.29. The molecule has 5 heteroatoms. The van der Waals surface area contributed by atoms with Crippen LogP contribution in [-0.2, 0) is 11.3 Å². The molecule has 2 aliphatic rings. The number of thioether (sulfide) groups is 1. The topological polar surface area (TPSA) is 42.4 Å². The molecule has 1 aromatic heterocycles. The van der Waals surface area contributed by atoms with Crippen molar-refractivity contribution in [2.45, 2.75) is 30.8 Å². The van der Waals surface area contributed by atoms with Crippen LogP contribution in [0.4, 0.5) is 0 Å². The Bertz CT molecular complexity index is 759. The van der Waals surface area contributed by atoms with E-state index in [-0.39, 0.29) is 16.8 Å². The number of carbonyl (C=O) groups excluding carboxylic acids is 1. The van der Waals surface area contributed by atoms with Crippen LogP contribution in [0.2, 0.25) is 0 Å². The maximum atomic E-state index is 12.6. The maximum Gasteiger partial charge on any atom is 0.253 e. The molecule has 3 heterocycles. The first-order valence-electron chi connectivity index (χ1n) is 8.64. The molecule has 0 aliphatic carbocycles. The summed E-state index contributed by atoms with van der Waals surface area (Å²) in [5, 5.41) is 0. The molecule has 0 bridgehead atoms. The molecule has 0 saturated carbocycles. The van der Waals surface area contributed by atoms with Crippen LogP contribution in [-0.4, -0.2) is 45.5 Å². The minimum atomic E-state index is 0.148. The SMILES string of the molecule is Cc1cccc(C(=O)N2CC3(C[C@H](OCc4cccnc4)CS3)C2)c1. The van der Waals surface area contributed by atoms with E-state index in [4.69, 9.17) is 4.74 Å². The van der Waals surface area contributed by atoms with Crippen LogP contribution in [0.25, 0.3) is 0 Å². The predicted octanol–water partition coefficient (Wildman–Crippen LogP) is 3.31. The highest BCUT2D eigenvalue weighted by Gasteiger charge is 2.50. The first kappa shape index (κ1) is 16.6. The lowest BCUT2D eigenvalue weighted by Gasteiger charge is -2.47. The molecule has 2 aromatic rings. The number of aryl methyl sites for hydroxylation is 1. The van der Waals surface area contributed by atoms with Crippen molar-refractivity contribution in [2.75, 3.05) is 18.8 Å². The summed E-state index contributed by atoms with van der Waals surface area (Å²) >= 11 is 1.96. The van der Waals surface area contributed by atoms with Gasteiger partial charge >= 0.3 is 0 Å². The summed E-state index contributed by atoms with van der Waals surface area (Å²) in [6, 6.07) is 11.8. The maximum absolute atomic E-state index is 12.6. The molecule has 2 aliphatic heterocycles. The van der Waals surface area contributed by atoms with Crippen LogP contribution in [0, 0.1) is 6.92 Å². The van der Waals surface area contributed by atoms with E-state index in [0.29, 0.717) is 6.61 Å². The van der Waals surface area contributed by atoms with Crippen LogP contribution in [0.15, 0.2) is 48.8 Å². The van der Waals surface area contributed by atoms with Crippen LogP contribution in [0.3, 0.4) is 0 Å². The molecule has 4 nitrogen and oxygen atoms in total. The van der Waals surface area contributed by atoms with Gasteiger partial charge in [0.15, 0.2) is 0 Å². The van der Waals surface area contributed by atoms with Crippen molar-refractivity contribution < 1.29 is 9.53 Å². The molecule has 0 N–H and O–H groups in total. The second-order valence-electron chi connectivity index (χ2n) is 7.02. The van der Waals surface area contributed by atoms with Crippen LogP contribution in [0.1, 0.15) is 27.9 Å². The number of amides is 1. The molecular formula is C20H22N2O2S. The Kier molecular flexibility index (Phi) is 4.52. The molecule has 1 aromatic carbocycles. The highest BCUT2D eigenvalue weighted by Crippen LogP contribution is 2.46. The fraction of sp³-hybridized carbons (Fsp3) is 0.400. The zero-order valence-electron chi connectivity index (χ0n) is 14.4. The van der Waals surface area contributed by atoms with Crippen molar-refractivity contribution in [3.63, 3.8) is 0 Å². The van der Waals surface area contributed by atoms with E-state index in [2.05, 4.69) is 4.98 Å². The molecule has 1 spiro atoms. The van der Waals surface area contributed by atoms with Crippen molar-refractivity contribution >= 4 is 17.7 Å². The zero-order valence-corrected chi connectivity index (χ0v) is 15.2. The average Bonchev–Trinajstić information content (AvgIpc) is 3.04. The van der Waals surface area contributed by atoms with Gasteiger partial charge in [-0.2, -0.15) is 0 Å². The molecule has 1 atom stereocenters. The summed E-state index contributed by atoms with van der Waals surface area (Å²) < 4.78 is 6.25. The monoisotopic (exact) mass is 354 g/mol. The predicted molar refractivity (Wildman–Crippen MR) is 99.7 cm³/mol. The summed E-state index contributed by atoms with van der Waals surface area (Å²) in [4.78, 5) is 18.7. The molecular weight excluding hydrogens is 332 g/mol. The quantitative estimate of drug-likeness (QED) is 0.845. The van der Waals surface area contributed by atoms with E-state index in [9.17, 15) is 4.79 Å². The van der Waals surface area contributed by atoms with Gasteiger partial charge in [0.2, 0.25) is 0 Å². The fourth-order valence-electron chi connectivity index (χ4n) is 3.58. The van der Waals surface area contributed by atoms with Crippen LogP contribution in [0.5, 0.6) is 0 Å². The second kappa shape index (κ2) is 6.81. The van der Waals surface area contributed by atoms with Crippen LogP contribution >= 0.6 is 11.8 Å². The Morgan fingerprint density at radius 3 is 3.00 bits per heavy atom.